The molecule has 3 aromatic rings. The van der Waals surface area contributed by atoms with Gasteiger partial charge in [-0.05, 0) is 41.1 Å². The third kappa shape index (κ3) is 3.55. The maximum atomic E-state index is 13.7. The van der Waals surface area contributed by atoms with Crippen molar-refractivity contribution >= 4 is 40.9 Å². The average Bonchev–Trinajstić information content (AvgIpc) is 3.21. The van der Waals surface area contributed by atoms with Crippen LogP contribution in [0.4, 0.5) is 5.95 Å². The van der Waals surface area contributed by atoms with Crippen molar-refractivity contribution in [1.29, 1.82) is 0 Å². The number of ketones is 1. The lowest BCUT2D eigenvalue weighted by Crippen LogP contribution is -2.33. The van der Waals surface area contributed by atoms with Crippen LogP contribution in [0.15, 0.2) is 59.8 Å². The molecule has 30 heavy (non-hydrogen) atoms. The highest BCUT2D eigenvalue weighted by molar-refractivity contribution is 6.37. The van der Waals surface area contributed by atoms with E-state index in [4.69, 9.17) is 27.9 Å². The molecule has 0 spiro atoms. The summed E-state index contributed by atoms with van der Waals surface area (Å²) in [5.41, 5.74) is 0.979. The number of benzene rings is 2. The SMILES string of the molecule is CCOC(=O)C1=C(C(=O)c2ccc(Cl)cc2Cl)C(c2ccccc2)n2nnnc2N1. The van der Waals surface area contributed by atoms with E-state index < -0.39 is 17.8 Å². The molecule has 0 radical (unpaired) electrons. The summed E-state index contributed by atoms with van der Waals surface area (Å²) in [6.07, 6.45) is 0. The van der Waals surface area contributed by atoms with Crippen LogP contribution in [0.5, 0.6) is 0 Å². The Kier molecular flexibility index (Phi) is 5.52. The fraction of sp³-hybridized carbons (Fsp3) is 0.150. The summed E-state index contributed by atoms with van der Waals surface area (Å²) in [4.78, 5) is 26.4. The molecule has 2 heterocycles. The topological polar surface area (TPSA) is 99.0 Å². The molecule has 1 N–H and O–H groups in total. The number of aromatic nitrogens is 4. The van der Waals surface area contributed by atoms with Gasteiger partial charge in [-0.2, -0.15) is 4.68 Å². The van der Waals surface area contributed by atoms with Crippen LogP contribution in [-0.4, -0.2) is 38.6 Å². The molecular formula is C20H15Cl2N5O3. The Morgan fingerprint density at radius 3 is 2.63 bits per heavy atom. The number of tetrazole rings is 1. The quantitative estimate of drug-likeness (QED) is 0.473. The monoisotopic (exact) mass is 443 g/mol. The number of nitrogens with one attached hydrogen (secondary N) is 1. The molecule has 0 aliphatic carbocycles. The van der Waals surface area contributed by atoms with Gasteiger partial charge in [0.2, 0.25) is 5.95 Å². The van der Waals surface area contributed by atoms with Crippen LogP contribution >= 0.6 is 23.2 Å². The van der Waals surface area contributed by atoms with Gasteiger partial charge in [-0.3, -0.25) is 4.79 Å². The van der Waals surface area contributed by atoms with Crippen LogP contribution in [0.2, 0.25) is 10.0 Å². The number of allylic oxidation sites excluding steroid dienone is 1. The van der Waals surface area contributed by atoms with Crippen LogP contribution in [0.3, 0.4) is 0 Å². The van der Waals surface area contributed by atoms with E-state index in [0.29, 0.717) is 10.6 Å². The first kappa shape index (κ1) is 20.1. The predicted octanol–water partition coefficient (Wildman–Crippen LogP) is 3.69. The number of nitrogens with zero attached hydrogens (tertiary/aromatic N) is 4. The maximum absolute atomic E-state index is 13.7. The normalized spacial score (nSPS) is 15.4. The zero-order chi connectivity index (χ0) is 21.3. The smallest absolute Gasteiger partial charge is 0.355 e. The predicted molar refractivity (Wildman–Crippen MR) is 110 cm³/mol. The second-order valence-corrected chi connectivity index (χ2v) is 7.19. The van der Waals surface area contributed by atoms with E-state index in [1.165, 1.54) is 16.8 Å². The molecule has 0 fully saturated rings. The summed E-state index contributed by atoms with van der Waals surface area (Å²) in [6, 6.07) is 12.9. The number of ether oxygens (including phenoxy) is 1. The molecule has 1 aliphatic heterocycles. The number of esters is 1. The number of halogens is 2. The highest BCUT2D eigenvalue weighted by atomic mass is 35.5. The Morgan fingerprint density at radius 2 is 1.93 bits per heavy atom. The lowest BCUT2D eigenvalue weighted by Gasteiger charge is -2.28. The average molecular weight is 444 g/mol. The lowest BCUT2D eigenvalue weighted by atomic mass is 9.89. The molecule has 0 saturated carbocycles. The molecule has 8 nitrogen and oxygen atoms in total. The molecule has 2 aromatic carbocycles. The van der Waals surface area contributed by atoms with Crippen molar-refractivity contribution in [3.63, 3.8) is 0 Å². The maximum Gasteiger partial charge on any atom is 0.355 e. The van der Waals surface area contributed by atoms with Crippen LogP contribution in [0.25, 0.3) is 0 Å². The van der Waals surface area contributed by atoms with E-state index in [0.717, 1.165) is 0 Å². The van der Waals surface area contributed by atoms with Crippen LogP contribution in [0, 0.1) is 0 Å². The molecule has 10 heteroatoms. The van der Waals surface area contributed by atoms with Crippen molar-refractivity contribution in [3.8, 4) is 0 Å². The number of fused-ring (bicyclic) bond motifs is 1. The first-order chi connectivity index (χ1) is 14.5. The summed E-state index contributed by atoms with van der Waals surface area (Å²) in [5.74, 6) is -0.950. The van der Waals surface area contributed by atoms with E-state index in [9.17, 15) is 9.59 Å². The van der Waals surface area contributed by atoms with Crippen LogP contribution < -0.4 is 5.32 Å². The second-order valence-electron chi connectivity index (χ2n) is 6.35. The molecule has 0 amide bonds. The molecule has 152 valence electrons. The number of Topliss-reactive ketones (excluding diaryl/α,β-unsaturated/α-hetero) is 1. The van der Waals surface area contributed by atoms with E-state index in [1.54, 1.807) is 13.0 Å². The lowest BCUT2D eigenvalue weighted by molar-refractivity contribution is -0.138. The van der Waals surface area contributed by atoms with Crippen LogP contribution in [-0.2, 0) is 9.53 Å². The van der Waals surface area contributed by atoms with Gasteiger partial charge in [0.25, 0.3) is 0 Å². The Balaban J connectivity index is 1.95. The van der Waals surface area contributed by atoms with Crippen molar-refractivity contribution in [3.05, 3.63) is 81.0 Å². The first-order valence-electron chi connectivity index (χ1n) is 9.02. The first-order valence-corrected chi connectivity index (χ1v) is 9.77. The number of rotatable bonds is 5. The Morgan fingerprint density at radius 1 is 1.17 bits per heavy atom. The Labute approximate surface area is 181 Å². The largest absolute Gasteiger partial charge is 0.461 e. The number of hydrogen-bond donors (Lipinski definition) is 1. The minimum Gasteiger partial charge on any atom is -0.461 e. The van der Waals surface area contributed by atoms with Crippen LogP contribution in [0.1, 0.15) is 28.9 Å². The Bertz CT molecular complexity index is 1160. The number of anilines is 1. The summed E-state index contributed by atoms with van der Waals surface area (Å²) in [5, 5.41) is 15.0. The van der Waals surface area contributed by atoms with E-state index in [2.05, 4.69) is 20.8 Å². The van der Waals surface area contributed by atoms with E-state index >= 15 is 0 Å². The summed E-state index contributed by atoms with van der Waals surface area (Å²) >= 11 is 12.3. The van der Waals surface area contributed by atoms with Crippen molar-refractivity contribution in [2.24, 2.45) is 0 Å². The minimum absolute atomic E-state index is 0.0379. The standard InChI is InChI=1S/C20H15Cl2N5O3/c1-2-30-19(29)16-15(18(28)13-9-8-12(21)10-14(13)22)17(11-6-4-3-5-7-11)27-20(23-16)24-25-26-27/h3-10,17H,2H2,1H3,(H,23,24,26). The van der Waals surface area contributed by atoms with Gasteiger partial charge in [0.15, 0.2) is 5.78 Å². The van der Waals surface area contributed by atoms with Gasteiger partial charge in [0.05, 0.1) is 17.2 Å². The van der Waals surface area contributed by atoms with Gasteiger partial charge >= 0.3 is 5.97 Å². The van der Waals surface area contributed by atoms with Gasteiger partial charge in [-0.25, -0.2) is 4.79 Å². The molecule has 1 atom stereocenters. The highest BCUT2D eigenvalue weighted by Crippen LogP contribution is 2.37. The minimum atomic E-state index is -0.767. The molecule has 1 unspecified atom stereocenters. The third-order valence-corrected chi connectivity index (χ3v) is 5.08. The van der Waals surface area contributed by atoms with Gasteiger partial charge in [-0.1, -0.05) is 58.6 Å². The molecule has 4 rings (SSSR count). The fourth-order valence-electron chi connectivity index (χ4n) is 3.25. The van der Waals surface area contributed by atoms with Crippen molar-refractivity contribution in [1.82, 2.24) is 20.2 Å². The molecule has 0 bridgehead atoms. The molecular weight excluding hydrogens is 429 g/mol. The summed E-state index contributed by atoms with van der Waals surface area (Å²) < 4.78 is 6.62. The van der Waals surface area contributed by atoms with E-state index in [1.807, 2.05) is 30.3 Å². The molecule has 0 saturated heterocycles. The van der Waals surface area contributed by atoms with Crippen molar-refractivity contribution in [2.75, 3.05) is 11.9 Å². The van der Waals surface area contributed by atoms with Gasteiger partial charge in [0.1, 0.15) is 11.7 Å². The summed E-state index contributed by atoms with van der Waals surface area (Å²) in [6.45, 7) is 1.81. The number of hydrogen-bond acceptors (Lipinski definition) is 7. The van der Waals surface area contributed by atoms with E-state index in [-0.39, 0.29) is 34.4 Å². The number of carbonyl (C=O) groups excluding carboxylic acids is 2. The van der Waals surface area contributed by atoms with Gasteiger partial charge in [0, 0.05) is 10.6 Å². The summed E-state index contributed by atoms with van der Waals surface area (Å²) in [7, 11) is 0. The Hall–Kier alpha value is -3.23. The van der Waals surface area contributed by atoms with Crippen molar-refractivity contribution in [2.45, 2.75) is 13.0 Å². The molecule has 1 aromatic heterocycles. The third-order valence-electron chi connectivity index (χ3n) is 4.53. The highest BCUT2D eigenvalue weighted by Gasteiger charge is 2.39. The molecule has 1 aliphatic rings. The zero-order valence-electron chi connectivity index (χ0n) is 15.7. The zero-order valence-corrected chi connectivity index (χ0v) is 17.2. The van der Waals surface area contributed by atoms with Gasteiger partial charge < -0.3 is 10.1 Å². The van der Waals surface area contributed by atoms with Crippen molar-refractivity contribution < 1.29 is 14.3 Å². The fourth-order valence-corrected chi connectivity index (χ4v) is 3.75. The second kappa shape index (κ2) is 8.25. The number of carbonyl (C=O) groups is 2. The van der Waals surface area contributed by atoms with Gasteiger partial charge in [-0.15, -0.1) is 0 Å².